The van der Waals surface area contributed by atoms with E-state index in [4.69, 9.17) is 5.73 Å². The average Bonchev–Trinajstić information content (AvgIpc) is 1.97. The lowest BCUT2D eigenvalue weighted by Gasteiger charge is -2.04. The molecule has 0 aliphatic heterocycles. The van der Waals surface area contributed by atoms with Gasteiger partial charge in [-0.15, -0.1) is 11.8 Å². The summed E-state index contributed by atoms with van der Waals surface area (Å²) in [5.41, 5.74) is 5.30. The Labute approximate surface area is 67.3 Å². The third-order valence-electron chi connectivity index (χ3n) is 1.14. The highest BCUT2D eigenvalue weighted by atomic mass is 16.2. The first-order valence-electron chi connectivity index (χ1n) is 3.61. The summed E-state index contributed by atoms with van der Waals surface area (Å²) >= 11 is 0. The molecule has 0 aliphatic rings. The van der Waals surface area contributed by atoms with Gasteiger partial charge in [-0.25, -0.2) is 0 Å². The summed E-state index contributed by atoms with van der Waals surface area (Å²) < 4.78 is 0. The van der Waals surface area contributed by atoms with Crippen LogP contribution in [0.15, 0.2) is 0 Å². The zero-order valence-corrected chi connectivity index (χ0v) is 6.98. The molecular weight excluding hydrogens is 140 g/mol. The zero-order valence-electron chi connectivity index (χ0n) is 6.98. The van der Waals surface area contributed by atoms with E-state index in [1.807, 2.05) is 0 Å². The summed E-state index contributed by atoms with van der Waals surface area (Å²) in [5, 5.41) is 2.65. The lowest BCUT2D eigenvalue weighted by Crippen LogP contribution is -2.38. The molecule has 0 bridgehead atoms. The molecule has 0 aliphatic carbocycles. The number of nitrogens with two attached hydrogens (primary N) is 1. The number of rotatable bonds is 3. The van der Waals surface area contributed by atoms with Crippen molar-refractivity contribution in [1.29, 1.82) is 0 Å². The molecule has 3 N–H and O–H groups in total. The molecule has 0 aromatic carbocycles. The Hall–Kier alpha value is -1.01. The van der Waals surface area contributed by atoms with E-state index >= 15 is 0 Å². The van der Waals surface area contributed by atoms with E-state index in [-0.39, 0.29) is 5.91 Å². The van der Waals surface area contributed by atoms with E-state index in [0.717, 1.165) is 0 Å². The van der Waals surface area contributed by atoms with Crippen LogP contribution in [0.25, 0.3) is 0 Å². The lowest BCUT2D eigenvalue weighted by molar-refractivity contribution is -0.121. The van der Waals surface area contributed by atoms with Gasteiger partial charge in [-0.3, -0.25) is 4.79 Å². The van der Waals surface area contributed by atoms with Crippen molar-refractivity contribution in [2.45, 2.75) is 26.3 Å². The fourth-order valence-corrected chi connectivity index (χ4v) is 0.534. The van der Waals surface area contributed by atoms with E-state index in [0.29, 0.717) is 13.0 Å². The molecule has 0 spiro atoms. The van der Waals surface area contributed by atoms with E-state index in [9.17, 15) is 4.79 Å². The van der Waals surface area contributed by atoms with Crippen LogP contribution >= 0.6 is 0 Å². The topological polar surface area (TPSA) is 55.1 Å². The van der Waals surface area contributed by atoms with Crippen LogP contribution in [0, 0.1) is 11.8 Å². The second-order valence-corrected chi connectivity index (χ2v) is 2.26. The van der Waals surface area contributed by atoms with Gasteiger partial charge >= 0.3 is 0 Å². The highest BCUT2D eigenvalue weighted by Crippen LogP contribution is 1.76. The number of nitrogens with one attached hydrogen (secondary N) is 1. The van der Waals surface area contributed by atoms with Gasteiger partial charge in [0.25, 0.3) is 0 Å². The molecule has 0 fully saturated rings. The fourth-order valence-electron chi connectivity index (χ4n) is 0.534. The number of hydrogen-bond donors (Lipinski definition) is 2. The number of amides is 1. The smallest absolute Gasteiger partial charge is 0.236 e. The first-order valence-corrected chi connectivity index (χ1v) is 3.61. The molecule has 62 valence electrons. The van der Waals surface area contributed by atoms with Crippen LogP contribution in [-0.4, -0.2) is 18.5 Å². The maximum Gasteiger partial charge on any atom is 0.236 e. The summed E-state index contributed by atoms with van der Waals surface area (Å²) in [6.45, 7) is 4.01. The molecule has 0 aromatic rings. The Morgan fingerprint density at radius 1 is 1.73 bits per heavy atom. The van der Waals surface area contributed by atoms with Crippen molar-refractivity contribution in [2.75, 3.05) is 6.54 Å². The molecule has 3 nitrogen and oxygen atoms in total. The summed E-state index contributed by atoms with van der Waals surface area (Å²) in [6.07, 6.45) is 0.689. The van der Waals surface area contributed by atoms with Crippen LogP contribution in [0.2, 0.25) is 0 Å². The van der Waals surface area contributed by atoms with Crippen molar-refractivity contribution in [2.24, 2.45) is 5.73 Å². The molecule has 0 heterocycles. The van der Waals surface area contributed by atoms with Gasteiger partial charge in [-0.05, 0) is 13.8 Å². The predicted octanol–water partition coefficient (Wildman–Crippen LogP) is -0.137. The minimum absolute atomic E-state index is 0.122. The summed E-state index contributed by atoms with van der Waals surface area (Å²) in [5.74, 6) is 5.45. The summed E-state index contributed by atoms with van der Waals surface area (Å²) in [4.78, 5) is 10.8. The minimum atomic E-state index is -0.426. The lowest BCUT2D eigenvalue weighted by atomic mass is 10.3. The van der Waals surface area contributed by atoms with Gasteiger partial charge in [0.1, 0.15) is 0 Å². The third kappa shape index (κ3) is 5.43. The predicted molar refractivity (Wildman–Crippen MR) is 44.7 cm³/mol. The molecule has 11 heavy (non-hydrogen) atoms. The average molecular weight is 154 g/mol. The Balaban J connectivity index is 3.37. The van der Waals surface area contributed by atoms with Crippen LogP contribution in [0.5, 0.6) is 0 Å². The van der Waals surface area contributed by atoms with Crippen LogP contribution in [0.3, 0.4) is 0 Å². The molecule has 0 radical (unpaired) electrons. The van der Waals surface area contributed by atoms with Crippen LogP contribution in [0.4, 0.5) is 0 Å². The normalized spacial score (nSPS) is 11.2. The number of hydrogen-bond acceptors (Lipinski definition) is 2. The highest BCUT2D eigenvalue weighted by molar-refractivity contribution is 5.80. The van der Waals surface area contributed by atoms with Crippen LogP contribution in [0.1, 0.15) is 20.3 Å². The Morgan fingerprint density at radius 3 is 2.82 bits per heavy atom. The fraction of sp³-hybridized carbons (Fsp3) is 0.625. The number of carbonyl (C=O) groups is 1. The molecule has 1 atom stereocenters. The highest BCUT2D eigenvalue weighted by Gasteiger charge is 2.03. The molecule has 1 unspecified atom stereocenters. The van der Waals surface area contributed by atoms with E-state index < -0.39 is 6.04 Å². The van der Waals surface area contributed by atoms with Gasteiger partial charge in [0.05, 0.1) is 6.04 Å². The van der Waals surface area contributed by atoms with Crippen molar-refractivity contribution in [3.05, 3.63) is 0 Å². The standard InChI is InChI=1S/C8H14N2O/c1-3-4-5-6-10-8(11)7(2)9/h7H,5-6,9H2,1-2H3,(H,10,11). The Morgan fingerprint density at radius 2 is 2.36 bits per heavy atom. The van der Waals surface area contributed by atoms with Crippen molar-refractivity contribution >= 4 is 5.91 Å². The SMILES string of the molecule is CC#CCCNC(=O)C(C)N. The van der Waals surface area contributed by atoms with E-state index in [1.54, 1.807) is 13.8 Å². The van der Waals surface area contributed by atoms with Gasteiger partial charge in [-0.2, -0.15) is 0 Å². The molecule has 0 saturated carbocycles. The van der Waals surface area contributed by atoms with Crippen LogP contribution < -0.4 is 11.1 Å². The van der Waals surface area contributed by atoms with Gasteiger partial charge in [0.15, 0.2) is 0 Å². The zero-order chi connectivity index (χ0) is 8.69. The maximum absolute atomic E-state index is 10.8. The third-order valence-corrected chi connectivity index (χ3v) is 1.14. The van der Waals surface area contributed by atoms with E-state index in [2.05, 4.69) is 17.2 Å². The molecule has 1 amide bonds. The molecular formula is C8H14N2O. The molecule has 0 saturated heterocycles. The Kier molecular flexibility index (Phi) is 5.22. The molecule has 0 rings (SSSR count). The minimum Gasteiger partial charge on any atom is -0.354 e. The second-order valence-electron chi connectivity index (χ2n) is 2.26. The quantitative estimate of drug-likeness (QED) is 0.439. The monoisotopic (exact) mass is 154 g/mol. The molecule has 0 aromatic heterocycles. The summed E-state index contributed by atoms with van der Waals surface area (Å²) in [6, 6.07) is -0.426. The largest absolute Gasteiger partial charge is 0.354 e. The van der Waals surface area contributed by atoms with Crippen molar-refractivity contribution in [3.63, 3.8) is 0 Å². The van der Waals surface area contributed by atoms with Crippen molar-refractivity contribution in [3.8, 4) is 11.8 Å². The van der Waals surface area contributed by atoms with Gasteiger partial charge < -0.3 is 11.1 Å². The van der Waals surface area contributed by atoms with Gasteiger partial charge in [0, 0.05) is 13.0 Å². The Bertz CT molecular complexity index is 176. The van der Waals surface area contributed by atoms with E-state index in [1.165, 1.54) is 0 Å². The van der Waals surface area contributed by atoms with Crippen molar-refractivity contribution in [1.82, 2.24) is 5.32 Å². The van der Waals surface area contributed by atoms with Crippen molar-refractivity contribution < 1.29 is 4.79 Å². The first-order chi connectivity index (χ1) is 5.18. The number of carbonyl (C=O) groups excluding carboxylic acids is 1. The molecule has 3 heteroatoms. The first kappa shape index (κ1) is 9.99. The van der Waals surface area contributed by atoms with Crippen LogP contribution in [-0.2, 0) is 4.79 Å². The van der Waals surface area contributed by atoms with Gasteiger partial charge in [-0.1, -0.05) is 0 Å². The van der Waals surface area contributed by atoms with Gasteiger partial charge in [0.2, 0.25) is 5.91 Å². The second kappa shape index (κ2) is 5.75. The maximum atomic E-state index is 10.8. The summed E-state index contributed by atoms with van der Waals surface area (Å²) in [7, 11) is 0.